The molecule has 0 aliphatic carbocycles. The van der Waals surface area contributed by atoms with Gasteiger partial charge in [0.1, 0.15) is 6.07 Å². The van der Waals surface area contributed by atoms with Crippen LogP contribution >= 0.6 is 0 Å². The van der Waals surface area contributed by atoms with E-state index in [1.165, 1.54) is 6.20 Å². The predicted molar refractivity (Wildman–Crippen MR) is 63.2 cm³/mol. The van der Waals surface area contributed by atoms with Crippen molar-refractivity contribution in [2.45, 2.75) is 0 Å². The number of anilines is 2. The Morgan fingerprint density at radius 2 is 1.75 bits per heavy atom. The number of aromatic nitrogens is 1. The molecule has 0 fully saturated rings. The lowest BCUT2D eigenvalue weighted by Crippen LogP contribution is -1.95. The quantitative estimate of drug-likeness (QED) is 0.702. The molecule has 4 nitrogen and oxygen atoms in total. The van der Waals surface area contributed by atoms with Crippen molar-refractivity contribution >= 4 is 11.4 Å². The molecular weight excluding hydrogens is 200 g/mol. The van der Waals surface area contributed by atoms with Crippen LogP contribution in [0.1, 0.15) is 5.56 Å². The molecule has 4 N–H and O–H groups in total. The number of hydrogen-bond donors (Lipinski definition) is 2. The summed E-state index contributed by atoms with van der Waals surface area (Å²) in [7, 11) is 0. The maximum Gasteiger partial charge on any atom is 0.103 e. The second-order valence-electron chi connectivity index (χ2n) is 3.38. The van der Waals surface area contributed by atoms with E-state index in [2.05, 4.69) is 4.98 Å². The first-order chi connectivity index (χ1) is 7.72. The van der Waals surface area contributed by atoms with E-state index in [4.69, 9.17) is 16.7 Å². The number of nitriles is 1. The molecule has 0 bridgehead atoms. The van der Waals surface area contributed by atoms with Crippen LogP contribution in [0, 0.1) is 11.3 Å². The zero-order chi connectivity index (χ0) is 11.5. The van der Waals surface area contributed by atoms with Crippen LogP contribution in [-0.4, -0.2) is 4.98 Å². The van der Waals surface area contributed by atoms with Crippen molar-refractivity contribution in [3.63, 3.8) is 0 Å². The number of nitrogens with zero attached hydrogens (tertiary/aromatic N) is 2. The Labute approximate surface area is 93.1 Å². The third-order valence-corrected chi connectivity index (χ3v) is 2.33. The molecule has 1 heterocycles. The minimum absolute atomic E-state index is 0.384. The van der Waals surface area contributed by atoms with Gasteiger partial charge in [0.15, 0.2) is 0 Å². The molecule has 16 heavy (non-hydrogen) atoms. The van der Waals surface area contributed by atoms with Crippen LogP contribution in [0.2, 0.25) is 0 Å². The largest absolute Gasteiger partial charge is 0.399 e. The Morgan fingerprint density at radius 3 is 2.38 bits per heavy atom. The zero-order valence-electron chi connectivity index (χ0n) is 8.51. The minimum atomic E-state index is 0.384. The monoisotopic (exact) mass is 210 g/mol. The average molecular weight is 210 g/mol. The second-order valence-corrected chi connectivity index (χ2v) is 3.38. The molecule has 2 aromatic rings. The van der Waals surface area contributed by atoms with Crippen molar-refractivity contribution in [2.24, 2.45) is 0 Å². The van der Waals surface area contributed by atoms with Gasteiger partial charge in [-0.1, -0.05) is 12.1 Å². The molecule has 1 aromatic heterocycles. The van der Waals surface area contributed by atoms with E-state index in [1.54, 1.807) is 18.3 Å². The summed E-state index contributed by atoms with van der Waals surface area (Å²) in [6.07, 6.45) is 3.10. The summed E-state index contributed by atoms with van der Waals surface area (Å²) >= 11 is 0. The van der Waals surface area contributed by atoms with Crippen molar-refractivity contribution in [1.82, 2.24) is 4.98 Å². The highest BCUT2D eigenvalue weighted by Gasteiger charge is 2.06. The summed E-state index contributed by atoms with van der Waals surface area (Å²) in [4.78, 5) is 3.98. The van der Waals surface area contributed by atoms with E-state index in [1.807, 2.05) is 18.2 Å². The molecule has 0 saturated carbocycles. The standard InChI is InChI=1S/C12H10N4/c13-5-9-6-16-7-11(12(9)15)8-1-3-10(14)4-2-8/h1-4,6-7H,14H2,(H2,15,16). The van der Waals surface area contributed by atoms with Gasteiger partial charge in [-0.15, -0.1) is 0 Å². The summed E-state index contributed by atoms with van der Waals surface area (Å²) in [5.41, 5.74) is 14.6. The van der Waals surface area contributed by atoms with Crippen molar-refractivity contribution in [1.29, 1.82) is 5.26 Å². The van der Waals surface area contributed by atoms with E-state index < -0.39 is 0 Å². The summed E-state index contributed by atoms with van der Waals surface area (Å²) in [5.74, 6) is 0. The van der Waals surface area contributed by atoms with E-state index >= 15 is 0 Å². The Morgan fingerprint density at radius 1 is 1.06 bits per heavy atom. The summed E-state index contributed by atoms with van der Waals surface area (Å²) < 4.78 is 0. The first kappa shape index (κ1) is 9.99. The number of hydrogen-bond acceptors (Lipinski definition) is 4. The molecule has 0 unspecified atom stereocenters. The van der Waals surface area contributed by atoms with Gasteiger partial charge in [-0.2, -0.15) is 5.26 Å². The van der Waals surface area contributed by atoms with Gasteiger partial charge < -0.3 is 11.5 Å². The van der Waals surface area contributed by atoms with E-state index in [-0.39, 0.29) is 0 Å². The zero-order valence-corrected chi connectivity index (χ0v) is 8.51. The van der Waals surface area contributed by atoms with Gasteiger partial charge in [0.25, 0.3) is 0 Å². The third-order valence-electron chi connectivity index (χ3n) is 2.33. The van der Waals surface area contributed by atoms with Gasteiger partial charge >= 0.3 is 0 Å². The van der Waals surface area contributed by atoms with Crippen LogP contribution in [0.4, 0.5) is 11.4 Å². The van der Waals surface area contributed by atoms with Crippen LogP contribution in [0.5, 0.6) is 0 Å². The second kappa shape index (κ2) is 3.91. The maximum absolute atomic E-state index is 8.84. The van der Waals surface area contributed by atoms with Crippen LogP contribution in [0.3, 0.4) is 0 Å². The topological polar surface area (TPSA) is 88.7 Å². The molecule has 1 aromatic carbocycles. The average Bonchev–Trinajstić information content (AvgIpc) is 2.31. The molecular formula is C12H10N4. The maximum atomic E-state index is 8.84. The summed E-state index contributed by atoms with van der Waals surface area (Å²) in [6, 6.07) is 9.28. The van der Waals surface area contributed by atoms with Crippen LogP contribution in [0.15, 0.2) is 36.7 Å². The van der Waals surface area contributed by atoms with Crippen LogP contribution in [0.25, 0.3) is 11.1 Å². The number of rotatable bonds is 1. The molecule has 4 heteroatoms. The first-order valence-corrected chi connectivity index (χ1v) is 4.72. The SMILES string of the molecule is N#Cc1cncc(-c2ccc(N)cc2)c1N. The number of nitrogen functional groups attached to an aromatic ring is 2. The molecule has 0 saturated heterocycles. The Kier molecular flexibility index (Phi) is 2.44. The van der Waals surface area contributed by atoms with Crippen molar-refractivity contribution in [2.75, 3.05) is 11.5 Å². The highest BCUT2D eigenvalue weighted by molar-refractivity contribution is 5.79. The highest BCUT2D eigenvalue weighted by Crippen LogP contribution is 2.27. The lowest BCUT2D eigenvalue weighted by atomic mass is 10.0. The molecule has 2 rings (SSSR count). The van der Waals surface area contributed by atoms with Gasteiger partial charge in [-0.3, -0.25) is 4.98 Å². The Balaban J connectivity index is 2.57. The number of pyridine rings is 1. The van der Waals surface area contributed by atoms with Gasteiger partial charge in [0, 0.05) is 23.6 Å². The van der Waals surface area contributed by atoms with Crippen molar-refractivity contribution in [3.8, 4) is 17.2 Å². The fraction of sp³-hybridized carbons (Fsp3) is 0. The lowest BCUT2D eigenvalue weighted by molar-refractivity contribution is 1.30. The molecule has 0 amide bonds. The highest BCUT2D eigenvalue weighted by atomic mass is 14.7. The van der Waals surface area contributed by atoms with Crippen molar-refractivity contribution < 1.29 is 0 Å². The molecule has 0 spiro atoms. The predicted octanol–water partition coefficient (Wildman–Crippen LogP) is 1.78. The minimum Gasteiger partial charge on any atom is -0.399 e. The van der Waals surface area contributed by atoms with E-state index in [0.717, 1.165) is 11.1 Å². The molecule has 0 aliphatic heterocycles. The van der Waals surface area contributed by atoms with Gasteiger partial charge in [-0.05, 0) is 17.7 Å². The van der Waals surface area contributed by atoms with Gasteiger partial charge in [-0.25, -0.2) is 0 Å². The van der Waals surface area contributed by atoms with Crippen molar-refractivity contribution in [3.05, 3.63) is 42.2 Å². The van der Waals surface area contributed by atoms with Crippen LogP contribution < -0.4 is 11.5 Å². The third kappa shape index (κ3) is 1.66. The van der Waals surface area contributed by atoms with Gasteiger partial charge in [0.2, 0.25) is 0 Å². The number of benzene rings is 1. The lowest BCUT2D eigenvalue weighted by Gasteiger charge is -2.06. The Bertz CT molecular complexity index is 552. The molecule has 0 atom stereocenters. The smallest absolute Gasteiger partial charge is 0.103 e. The number of nitrogens with two attached hydrogens (primary N) is 2. The van der Waals surface area contributed by atoms with E-state index in [0.29, 0.717) is 16.9 Å². The fourth-order valence-corrected chi connectivity index (χ4v) is 1.45. The van der Waals surface area contributed by atoms with E-state index in [9.17, 15) is 0 Å². The summed E-state index contributed by atoms with van der Waals surface area (Å²) in [5, 5.41) is 8.84. The summed E-state index contributed by atoms with van der Waals surface area (Å²) in [6.45, 7) is 0. The molecule has 78 valence electrons. The van der Waals surface area contributed by atoms with Crippen LogP contribution in [-0.2, 0) is 0 Å². The normalized spacial score (nSPS) is 9.69. The first-order valence-electron chi connectivity index (χ1n) is 4.72. The molecule has 0 aliphatic rings. The van der Waals surface area contributed by atoms with Gasteiger partial charge in [0.05, 0.1) is 11.3 Å². The Hall–Kier alpha value is -2.54. The molecule has 0 radical (unpaired) electrons. The fourth-order valence-electron chi connectivity index (χ4n) is 1.45.